The lowest BCUT2D eigenvalue weighted by Crippen LogP contribution is -2.37. The van der Waals surface area contributed by atoms with Gasteiger partial charge in [-0.25, -0.2) is 9.69 Å². The molecule has 2 amide bonds. The Morgan fingerprint density at radius 1 is 1.12 bits per heavy atom. The van der Waals surface area contributed by atoms with Crippen LogP contribution in [-0.4, -0.2) is 33.5 Å². The Morgan fingerprint density at radius 2 is 1.72 bits per heavy atom. The van der Waals surface area contributed by atoms with E-state index in [0.29, 0.717) is 15.6 Å². The van der Waals surface area contributed by atoms with Crippen molar-refractivity contribution in [2.45, 2.75) is 19.1 Å². The molecule has 5 nitrogen and oxygen atoms in total. The van der Waals surface area contributed by atoms with E-state index in [-0.39, 0.29) is 12.6 Å². The maximum absolute atomic E-state index is 12.4. The monoisotopic (exact) mass is 378 g/mol. The molecule has 7 heteroatoms. The van der Waals surface area contributed by atoms with Crippen molar-refractivity contribution in [3.05, 3.63) is 69.7 Å². The van der Waals surface area contributed by atoms with Gasteiger partial charge < -0.3 is 5.11 Å². The van der Waals surface area contributed by atoms with E-state index in [0.717, 1.165) is 10.5 Å². The minimum Gasteiger partial charge on any atom is -0.465 e. The van der Waals surface area contributed by atoms with E-state index in [2.05, 4.69) is 0 Å². The zero-order chi connectivity index (χ0) is 18.1. The van der Waals surface area contributed by atoms with Crippen LogP contribution < -0.4 is 0 Å². The van der Waals surface area contributed by atoms with E-state index in [1.165, 1.54) is 0 Å². The third kappa shape index (κ3) is 3.23. The maximum Gasteiger partial charge on any atom is 0.415 e. The first-order chi connectivity index (χ1) is 11.9. The van der Waals surface area contributed by atoms with Crippen LogP contribution in [0.5, 0.6) is 0 Å². The third-order valence-electron chi connectivity index (χ3n) is 4.39. The Balaban J connectivity index is 2.11. The van der Waals surface area contributed by atoms with Crippen molar-refractivity contribution in [1.82, 2.24) is 9.80 Å². The number of carbonyl (C=O) groups is 2. The highest BCUT2D eigenvalue weighted by molar-refractivity contribution is 6.36. The van der Waals surface area contributed by atoms with Gasteiger partial charge in [-0.2, -0.15) is 0 Å². The summed E-state index contributed by atoms with van der Waals surface area (Å²) in [6, 6.07) is 14.3. The number of rotatable bonds is 3. The van der Waals surface area contributed by atoms with Crippen molar-refractivity contribution in [2.24, 2.45) is 0 Å². The van der Waals surface area contributed by atoms with Crippen LogP contribution in [-0.2, 0) is 4.79 Å². The van der Waals surface area contributed by atoms with Crippen LogP contribution in [0.2, 0.25) is 10.0 Å². The van der Waals surface area contributed by atoms with Crippen LogP contribution in [0.4, 0.5) is 4.79 Å². The summed E-state index contributed by atoms with van der Waals surface area (Å²) in [6.07, 6.45) is -2.20. The van der Waals surface area contributed by atoms with Gasteiger partial charge in [-0.3, -0.25) is 9.69 Å². The second kappa shape index (κ2) is 7.04. The first kappa shape index (κ1) is 17.7. The standard InChI is InChI=1S/C18H16Cl2N2O3/c1-11(12-6-3-2-4-7-12)21-10-15(23)22(18(24)25)17(21)16-13(19)8-5-9-14(16)20/h2-9,11,17H,10H2,1H3,(H,24,25)/t11?,17-/m1/s1. The van der Waals surface area contributed by atoms with Crippen LogP contribution in [0.25, 0.3) is 0 Å². The summed E-state index contributed by atoms with van der Waals surface area (Å²) in [7, 11) is 0. The van der Waals surface area contributed by atoms with E-state index < -0.39 is 18.2 Å². The topological polar surface area (TPSA) is 60.9 Å². The molecule has 0 radical (unpaired) electrons. The molecule has 1 unspecified atom stereocenters. The van der Waals surface area contributed by atoms with Gasteiger partial charge in [0, 0.05) is 21.7 Å². The largest absolute Gasteiger partial charge is 0.465 e. The molecule has 25 heavy (non-hydrogen) atoms. The van der Waals surface area contributed by atoms with Crippen molar-refractivity contribution in [3.8, 4) is 0 Å². The fourth-order valence-electron chi connectivity index (χ4n) is 3.14. The number of benzene rings is 2. The smallest absolute Gasteiger partial charge is 0.415 e. The molecule has 1 heterocycles. The van der Waals surface area contributed by atoms with Gasteiger partial charge >= 0.3 is 6.09 Å². The van der Waals surface area contributed by atoms with Crippen LogP contribution in [0.1, 0.15) is 30.3 Å². The average Bonchev–Trinajstić information content (AvgIpc) is 2.92. The van der Waals surface area contributed by atoms with E-state index in [9.17, 15) is 14.7 Å². The van der Waals surface area contributed by atoms with E-state index >= 15 is 0 Å². The number of halogens is 2. The second-order valence-electron chi connectivity index (χ2n) is 5.81. The summed E-state index contributed by atoms with van der Waals surface area (Å²) in [5.41, 5.74) is 1.39. The summed E-state index contributed by atoms with van der Waals surface area (Å²) < 4.78 is 0. The SMILES string of the molecule is CC(c1ccccc1)N1CC(=O)N(C(=O)O)[C@@H]1c1c(Cl)cccc1Cl. The first-order valence-corrected chi connectivity index (χ1v) is 8.47. The van der Waals surface area contributed by atoms with Crippen molar-refractivity contribution in [3.63, 3.8) is 0 Å². The summed E-state index contributed by atoms with van der Waals surface area (Å²) in [5, 5.41) is 10.2. The fraction of sp³-hybridized carbons (Fsp3) is 0.222. The van der Waals surface area contributed by atoms with Gasteiger partial charge in [-0.15, -0.1) is 0 Å². The zero-order valence-electron chi connectivity index (χ0n) is 13.4. The van der Waals surface area contributed by atoms with Gasteiger partial charge in [0.25, 0.3) is 0 Å². The molecule has 1 aliphatic rings. The lowest BCUT2D eigenvalue weighted by Gasteiger charge is -2.33. The Hall–Kier alpha value is -2.08. The molecule has 0 saturated carbocycles. The fourth-order valence-corrected chi connectivity index (χ4v) is 3.73. The Bertz CT molecular complexity index is 793. The predicted molar refractivity (Wildman–Crippen MR) is 95.6 cm³/mol. The van der Waals surface area contributed by atoms with E-state index in [1.807, 2.05) is 37.3 Å². The molecule has 1 N–H and O–H groups in total. The van der Waals surface area contributed by atoms with Crippen LogP contribution >= 0.6 is 23.2 Å². The predicted octanol–water partition coefficient (Wildman–Crippen LogP) is 4.58. The number of carbonyl (C=O) groups excluding carboxylic acids is 1. The molecule has 2 atom stereocenters. The number of amides is 2. The maximum atomic E-state index is 12.4. The molecule has 3 rings (SSSR count). The normalized spacial score (nSPS) is 19.2. The average molecular weight is 379 g/mol. The molecule has 2 aromatic rings. The highest BCUT2D eigenvalue weighted by Gasteiger charge is 2.46. The summed E-state index contributed by atoms with van der Waals surface area (Å²) in [4.78, 5) is 26.7. The molecule has 0 spiro atoms. The van der Waals surface area contributed by atoms with Crippen molar-refractivity contribution < 1.29 is 14.7 Å². The third-order valence-corrected chi connectivity index (χ3v) is 5.05. The molecule has 1 saturated heterocycles. The molecule has 130 valence electrons. The van der Waals surface area contributed by atoms with E-state index in [4.69, 9.17) is 23.2 Å². The molecule has 2 aromatic carbocycles. The first-order valence-electron chi connectivity index (χ1n) is 7.71. The minimum atomic E-state index is -1.33. The molecule has 0 bridgehead atoms. The highest BCUT2D eigenvalue weighted by atomic mass is 35.5. The number of nitrogens with zero attached hydrogens (tertiary/aromatic N) is 2. The zero-order valence-corrected chi connectivity index (χ0v) is 14.9. The summed E-state index contributed by atoms with van der Waals surface area (Å²) >= 11 is 12.6. The minimum absolute atomic E-state index is 0.0332. The summed E-state index contributed by atoms with van der Waals surface area (Å²) in [5.74, 6) is -0.503. The second-order valence-corrected chi connectivity index (χ2v) is 6.63. The van der Waals surface area contributed by atoms with Gasteiger partial charge in [0.1, 0.15) is 6.17 Å². The molecule has 1 aliphatic heterocycles. The Kier molecular flexibility index (Phi) is 4.99. The van der Waals surface area contributed by atoms with Gasteiger partial charge in [0.15, 0.2) is 0 Å². The molecule has 0 aliphatic carbocycles. The van der Waals surface area contributed by atoms with Gasteiger partial charge in [-0.05, 0) is 24.6 Å². The Morgan fingerprint density at radius 3 is 2.28 bits per heavy atom. The Labute approximate surface area is 155 Å². The number of imide groups is 1. The number of hydrogen-bond donors (Lipinski definition) is 1. The highest BCUT2D eigenvalue weighted by Crippen LogP contribution is 2.42. The van der Waals surface area contributed by atoms with Crippen molar-refractivity contribution in [2.75, 3.05) is 6.54 Å². The molecular weight excluding hydrogens is 363 g/mol. The number of hydrogen-bond acceptors (Lipinski definition) is 3. The molecular formula is C18H16Cl2N2O3. The summed E-state index contributed by atoms with van der Waals surface area (Å²) in [6.45, 7) is 1.89. The van der Waals surface area contributed by atoms with Crippen LogP contribution in [0, 0.1) is 0 Å². The lowest BCUT2D eigenvalue weighted by molar-refractivity contribution is -0.125. The van der Waals surface area contributed by atoms with Gasteiger partial charge in [0.05, 0.1) is 6.54 Å². The van der Waals surface area contributed by atoms with Crippen LogP contribution in [0.15, 0.2) is 48.5 Å². The van der Waals surface area contributed by atoms with Crippen molar-refractivity contribution in [1.29, 1.82) is 0 Å². The van der Waals surface area contributed by atoms with Crippen molar-refractivity contribution >= 4 is 35.2 Å². The van der Waals surface area contributed by atoms with Crippen LogP contribution in [0.3, 0.4) is 0 Å². The quantitative estimate of drug-likeness (QED) is 0.849. The van der Waals surface area contributed by atoms with Gasteiger partial charge in [0.2, 0.25) is 5.91 Å². The molecule has 0 aromatic heterocycles. The molecule has 1 fully saturated rings. The van der Waals surface area contributed by atoms with Gasteiger partial charge in [-0.1, -0.05) is 59.6 Å². The lowest BCUT2D eigenvalue weighted by atomic mass is 10.0. The van der Waals surface area contributed by atoms with E-state index in [1.54, 1.807) is 23.1 Å². The number of carboxylic acid groups (broad SMARTS) is 1.